The Labute approximate surface area is 135 Å². The largest absolute Gasteiger partial charge is 0.378 e. The molecule has 0 saturated carbocycles. The highest BCUT2D eigenvalue weighted by molar-refractivity contribution is 14.1. The summed E-state index contributed by atoms with van der Waals surface area (Å²) in [6, 6.07) is 0. The molecule has 1 unspecified atom stereocenters. The summed E-state index contributed by atoms with van der Waals surface area (Å²) in [6.45, 7) is 9.47. The minimum atomic E-state index is -0.146. The van der Waals surface area contributed by atoms with Crippen molar-refractivity contribution in [1.29, 1.82) is 0 Å². The van der Waals surface area contributed by atoms with Crippen molar-refractivity contribution < 1.29 is 9.47 Å². The van der Waals surface area contributed by atoms with Crippen LogP contribution in [0.15, 0.2) is 0 Å². The first-order valence-electron chi connectivity index (χ1n) is 6.69. The van der Waals surface area contributed by atoms with Crippen LogP contribution in [-0.2, 0) is 16.1 Å². The average Bonchev–Trinajstić information content (AvgIpc) is 2.37. The van der Waals surface area contributed by atoms with Gasteiger partial charge in [-0.1, -0.05) is 20.8 Å². The van der Waals surface area contributed by atoms with Crippen LogP contribution < -0.4 is 5.32 Å². The van der Waals surface area contributed by atoms with Crippen molar-refractivity contribution in [2.24, 2.45) is 5.41 Å². The minimum Gasteiger partial charge on any atom is -0.378 e. The summed E-state index contributed by atoms with van der Waals surface area (Å²) < 4.78 is 12.1. The zero-order chi connectivity index (χ0) is 15.3. The van der Waals surface area contributed by atoms with E-state index in [2.05, 4.69) is 58.6 Å². The molecule has 5 nitrogen and oxygen atoms in total. The van der Waals surface area contributed by atoms with Gasteiger partial charge in [0.1, 0.15) is 11.9 Å². The van der Waals surface area contributed by atoms with Crippen molar-refractivity contribution in [1.82, 2.24) is 9.97 Å². The molecule has 1 atom stereocenters. The van der Waals surface area contributed by atoms with E-state index in [1.807, 2.05) is 14.0 Å². The summed E-state index contributed by atoms with van der Waals surface area (Å²) in [4.78, 5) is 9.26. The molecule has 1 aromatic rings. The SMILES string of the molecule is CCOC(c1nc(COC)c(I)c(NC)n1)C(C)(C)C. The molecule has 20 heavy (non-hydrogen) atoms. The third-order valence-corrected chi connectivity index (χ3v) is 3.94. The highest BCUT2D eigenvalue weighted by atomic mass is 127. The molecule has 0 amide bonds. The molecule has 0 aliphatic carbocycles. The number of ether oxygens (including phenoxy) is 2. The first-order valence-corrected chi connectivity index (χ1v) is 7.77. The van der Waals surface area contributed by atoms with Gasteiger partial charge < -0.3 is 14.8 Å². The van der Waals surface area contributed by atoms with Crippen LogP contribution in [0.3, 0.4) is 0 Å². The van der Waals surface area contributed by atoms with Gasteiger partial charge in [0, 0.05) is 20.8 Å². The Kier molecular flexibility index (Phi) is 6.60. The lowest BCUT2D eigenvalue weighted by Crippen LogP contribution is -2.25. The van der Waals surface area contributed by atoms with Crippen LogP contribution in [0.5, 0.6) is 0 Å². The van der Waals surface area contributed by atoms with E-state index in [1.165, 1.54) is 0 Å². The van der Waals surface area contributed by atoms with E-state index in [0.29, 0.717) is 19.0 Å². The molecule has 1 N–H and O–H groups in total. The van der Waals surface area contributed by atoms with Gasteiger partial charge in [0.25, 0.3) is 0 Å². The Balaban J connectivity index is 3.31. The Morgan fingerprint density at radius 1 is 1.30 bits per heavy atom. The predicted molar refractivity (Wildman–Crippen MR) is 88.8 cm³/mol. The van der Waals surface area contributed by atoms with Crippen LogP contribution in [0.2, 0.25) is 0 Å². The summed E-state index contributed by atoms with van der Waals surface area (Å²) in [5.74, 6) is 1.52. The fourth-order valence-electron chi connectivity index (χ4n) is 1.91. The summed E-state index contributed by atoms with van der Waals surface area (Å²) in [7, 11) is 3.53. The molecule has 0 bridgehead atoms. The molecule has 114 valence electrons. The van der Waals surface area contributed by atoms with E-state index in [9.17, 15) is 0 Å². The van der Waals surface area contributed by atoms with Crippen LogP contribution in [0.1, 0.15) is 45.3 Å². The number of nitrogens with zero attached hydrogens (tertiary/aromatic N) is 2. The molecule has 0 spiro atoms. The monoisotopic (exact) mass is 393 g/mol. The van der Waals surface area contributed by atoms with Crippen molar-refractivity contribution in [2.75, 3.05) is 26.1 Å². The first kappa shape index (κ1) is 17.6. The van der Waals surface area contributed by atoms with Gasteiger partial charge in [-0.05, 0) is 34.9 Å². The Hall–Kier alpha value is -0.470. The topological polar surface area (TPSA) is 56.3 Å². The molecule has 0 aliphatic heterocycles. The lowest BCUT2D eigenvalue weighted by molar-refractivity contribution is -0.0193. The highest BCUT2D eigenvalue weighted by Crippen LogP contribution is 2.35. The second-order valence-corrected chi connectivity index (χ2v) is 6.65. The Bertz CT molecular complexity index is 447. The quantitative estimate of drug-likeness (QED) is 0.751. The van der Waals surface area contributed by atoms with E-state index < -0.39 is 0 Å². The number of anilines is 1. The van der Waals surface area contributed by atoms with Gasteiger partial charge >= 0.3 is 0 Å². The van der Waals surface area contributed by atoms with E-state index in [0.717, 1.165) is 15.1 Å². The van der Waals surface area contributed by atoms with E-state index in [1.54, 1.807) is 7.11 Å². The number of halogens is 1. The van der Waals surface area contributed by atoms with Crippen molar-refractivity contribution in [3.8, 4) is 0 Å². The molecule has 0 fully saturated rings. The second kappa shape index (κ2) is 7.51. The highest BCUT2D eigenvalue weighted by Gasteiger charge is 2.30. The average molecular weight is 393 g/mol. The van der Waals surface area contributed by atoms with Crippen LogP contribution in [0.25, 0.3) is 0 Å². The molecule has 1 heterocycles. The van der Waals surface area contributed by atoms with Gasteiger partial charge in [-0.3, -0.25) is 0 Å². The summed E-state index contributed by atoms with van der Waals surface area (Å²) in [5, 5.41) is 3.11. The van der Waals surface area contributed by atoms with Crippen molar-refractivity contribution in [2.45, 2.75) is 40.4 Å². The van der Waals surface area contributed by atoms with E-state index >= 15 is 0 Å². The van der Waals surface area contributed by atoms with E-state index in [-0.39, 0.29) is 11.5 Å². The molecule has 0 aliphatic rings. The molecule has 1 rings (SSSR count). The van der Waals surface area contributed by atoms with Crippen molar-refractivity contribution >= 4 is 28.4 Å². The number of aromatic nitrogens is 2. The smallest absolute Gasteiger partial charge is 0.160 e. The van der Waals surface area contributed by atoms with Gasteiger partial charge in [-0.15, -0.1) is 0 Å². The van der Waals surface area contributed by atoms with Crippen LogP contribution >= 0.6 is 22.6 Å². The zero-order valence-corrected chi connectivity index (χ0v) is 15.2. The van der Waals surface area contributed by atoms with Gasteiger partial charge in [0.05, 0.1) is 15.9 Å². The number of methoxy groups -OCH3 is 1. The molecule has 6 heteroatoms. The maximum atomic E-state index is 5.87. The van der Waals surface area contributed by atoms with Gasteiger partial charge in [0.15, 0.2) is 5.82 Å². The normalized spacial score (nSPS) is 13.3. The van der Waals surface area contributed by atoms with Crippen LogP contribution in [0, 0.1) is 8.99 Å². The number of nitrogens with one attached hydrogen (secondary N) is 1. The maximum Gasteiger partial charge on any atom is 0.160 e. The molecular formula is C14H24IN3O2. The molecule has 0 aromatic carbocycles. The standard InChI is InChI=1S/C14H24IN3O2/c1-7-20-11(14(2,3)4)13-17-9(8-19-6)10(15)12(16-5)18-13/h11H,7-8H2,1-6H3,(H,16,17,18). The number of hydrogen-bond acceptors (Lipinski definition) is 5. The van der Waals surface area contributed by atoms with Crippen LogP contribution in [0.4, 0.5) is 5.82 Å². The second-order valence-electron chi connectivity index (χ2n) is 5.58. The van der Waals surface area contributed by atoms with Crippen LogP contribution in [-0.4, -0.2) is 30.7 Å². The lowest BCUT2D eigenvalue weighted by atomic mass is 9.88. The van der Waals surface area contributed by atoms with Crippen molar-refractivity contribution in [3.05, 3.63) is 15.1 Å². The number of rotatable bonds is 6. The Morgan fingerprint density at radius 3 is 2.40 bits per heavy atom. The lowest BCUT2D eigenvalue weighted by Gasteiger charge is -2.29. The fraction of sp³-hybridized carbons (Fsp3) is 0.714. The summed E-state index contributed by atoms with van der Waals surface area (Å²) in [5.41, 5.74) is 0.814. The zero-order valence-electron chi connectivity index (χ0n) is 13.1. The molecule has 0 saturated heterocycles. The predicted octanol–water partition coefficient (Wildman–Crippen LogP) is 3.39. The number of hydrogen-bond donors (Lipinski definition) is 1. The third-order valence-electron chi connectivity index (χ3n) is 2.81. The molecule has 0 radical (unpaired) electrons. The minimum absolute atomic E-state index is 0.0713. The molecular weight excluding hydrogens is 369 g/mol. The third kappa shape index (κ3) is 4.26. The van der Waals surface area contributed by atoms with Gasteiger partial charge in [-0.25, -0.2) is 9.97 Å². The summed E-state index contributed by atoms with van der Waals surface area (Å²) >= 11 is 2.24. The summed E-state index contributed by atoms with van der Waals surface area (Å²) in [6.07, 6.45) is -0.146. The van der Waals surface area contributed by atoms with Gasteiger partial charge in [0.2, 0.25) is 0 Å². The van der Waals surface area contributed by atoms with E-state index in [4.69, 9.17) is 9.47 Å². The Morgan fingerprint density at radius 2 is 1.95 bits per heavy atom. The van der Waals surface area contributed by atoms with Crippen molar-refractivity contribution in [3.63, 3.8) is 0 Å². The maximum absolute atomic E-state index is 5.87. The first-order chi connectivity index (χ1) is 9.35. The van der Waals surface area contributed by atoms with Gasteiger partial charge in [-0.2, -0.15) is 0 Å². The fourth-order valence-corrected chi connectivity index (χ4v) is 2.57. The molecule has 1 aromatic heterocycles.